The van der Waals surface area contributed by atoms with Gasteiger partial charge >= 0.3 is 18.1 Å². The minimum atomic E-state index is -4.84. The lowest BCUT2D eigenvalue weighted by atomic mass is 10.2. The van der Waals surface area contributed by atoms with E-state index >= 15 is 0 Å². The van der Waals surface area contributed by atoms with Crippen molar-refractivity contribution in [2.24, 2.45) is 0 Å². The minimum absolute atomic E-state index is 0.000578. The smallest absolute Gasteiger partial charge is 0.461 e. The molecule has 9 heteroatoms. The number of benzene rings is 1. The van der Waals surface area contributed by atoms with Gasteiger partial charge in [-0.3, -0.25) is 9.69 Å². The van der Waals surface area contributed by atoms with Crippen LogP contribution < -0.4 is 0 Å². The number of piperazine rings is 1. The molecular formula is C15H16ClF3N2O3. The largest absolute Gasteiger partial charge is 0.471 e. The second kappa shape index (κ2) is 7.85. The second-order valence-electron chi connectivity index (χ2n) is 5.28. The Kier molecular flexibility index (Phi) is 6.06. The van der Waals surface area contributed by atoms with Gasteiger partial charge in [-0.2, -0.15) is 13.2 Å². The van der Waals surface area contributed by atoms with Crippen LogP contribution >= 0.6 is 11.6 Å². The number of hydrogen-bond donors (Lipinski definition) is 0. The first kappa shape index (κ1) is 18.5. The summed E-state index contributed by atoms with van der Waals surface area (Å²) in [4.78, 5) is 25.6. The number of alkyl halides is 3. The maximum Gasteiger partial charge on any atom is 0.471 e. The van der Waals surface area contributed by atoms with Gasteiger partial charge < -0.3 is 9.64 Å². The molecule has 5 nitrogen and oxygen atoms in total. The highest BCUT2D eigenvalue weighted by Crippen LogP contribution is 2.19. The lowest BCUT2D eigenvalue weighted by Crippen LogP contribution is -2.52. The second-order valence-corrected chi connectivity index (χ2v) is 5.71. The number of nitrogens with zero attached hydrogens (tertiary/aromatic N) is 2. The zero-order valence-corrected chi connectivity index (χ0v) is 13.4. The van der Waals surface area contributed by atoms with Crippen molar-refractivity contribution in [3.05, 3.63) is 34.9 Å². The average Bonchev–Trinajstić information content (AvgIpc) is 2.54. The van der Waals surface area contributed by atoms with Crippen LogP contribution in [0.25, 0.3) is 0 Å². The van der Waals surface area contributed by atoms with Gasteiger partial charge in [0.2, 0.25) is 0 Å². The summed E-state index contributed by atoms with van der Waals surface area (Å²) in [7, 11) is 0. The van der Waals surface area contributed by atoms with Crippen LogP contribution in [0.1, 0.15) is 10.4 Å². The summed E-state index contributed by atoms with van der Waals surface area (Å²) in [5.74, 6) is -2.32. The Labute approximate surface area is 141 Å². The van der Waals surface area contributed by atoms with Gasteiger partial charge in [0.05, 0.1) is 5.56 Å². The summed E-state index contributed by atoms with van der Waals surface area (Å²) in [6, 6.07) is 6.34. The van der Waals surface area contributed by atoms with Crippen LogP contribution in [0.4, 0.5) is 13.2 Å². The SMILES string of the molecule is O=C(OCCN1CCN(C(=O)C(F)(F)F)CC1)c1cccc(Cl)c1. The summed E-state index contributed by atoms with van der Waals surface area (Å²) in [6.07, 6.45) is -4.84. The fraction of sp³-hybridized carbons (Fsp3) is 0.467. The summed E-state index contributed by atoms with van der Waals surface area (Å²) >= 11 is 5.79. The standard InChI is InChI=1S/C15H16ClF3N2O3/c16-12-3-1-2-11(10-12)13(22)24-9-8-20-4-6-21(7-5-20)14(23)15(17,18)19/h1-3,10H,4-9H2. The maximum atomic E-state index is 12.3. The van der Waals surface area contributed by atoms with E-state index in [2.05, 4.69) is 0 Å². The summed E-state index contributed by atoms with van der Waals surface area (Å²) in [6.45, 7) is 1.10. The zero-order valence-electron chi connectivity index (χ0n) is 12.7. The number of amides is 1. The predicted octanol–water partition coefficient (Wildman–Crippen LogP) is 2.20. The van der Waals surface area contributed by atoms with Crippen LogP contribution in [0.3, 0.4) is 0 Å². The minimum Gasteiger partial charge on any atom is -0.461 e. The van der Waals surface area contributed by atoms with E-state index < -0.39 is 18.1 Å². The Hall–Kier alpha value is -1.80. The Bertz CT molecular complexity index is 602. The number of carbonyl (C=O) groups excluding carboxylic acids is 2. The summed E-state index contributed by atoms with van der Waals surface area (Å²) < 4.78 is 42.1. The Morgan fingerprint density at radius 2 is 1.83 bits per heavy atom. The van der Waals surface area contributed by atoms with E-state index in [9.17, 15) is 22.8 Å². The van der Waals surface area contributed by atoms with Crippen molar-refractivity contribution < 1.29 is 27.5 Å². The first-order valence-electron chi connectivity index (χ1n) is 7.28. The van der Waals surface area contributed by atoms with E-state index in [4.69, 9.17) is 16.3 Å². The highest BCUT2D eigenvalue weighted by Gasteiger charge is 2.43. The fourth-order valence-electron chi connectivity index (χ4n) is 2.32. The fourth-order valence-corrected chi connectivity index (χ4v) is 2.51. The molecule has 1 aliphatic heterocycles. The van der Waals surface area contributed by atoms with E-state index in [0.717, 1.165) is 4.90 Å². The lowest BCUT2D eigenvalue weighted by molar-refractivity contribution is -0.187. The Morgan fingerprint density at radius 1 is 1.17 bits per heavy atom. The van der Waals surface area contributed by atoms with Gasteiger partial charge in [-0.25, -0.2) is 4.79 Å². The van der Waals surface area contributed by atoms with E-state index in [-0.39, 0.29) is 19.7 Å². The zero-order chi connectivity index (χ0) is 17.7. The number of esters is 1. The number of carbonyl (C=O) groups is 2. The first-order chi connectivity index (χ1) is 11.3. The van der Waals surface area contributed by atoms with Gasteiger partial charge in [-0.05, 0) is 18.2 Å². The van der Waals surface area contributed by atoms with Crippen LogP contribution in [0.5, 0.6) is 0 Å². The van der Waals surface area contributed by atoms with Crippen molar-refractivity contribution in [1.82, 2.24) is 9.80 Å². The van der Waals surface area contributed by atoms with Gasteiger partial charge in [-0.1, -0.05) is 17.7 Å². The van der Waals surface area contributed by atoms with Crippen molar-refractivity contribution in [3.8, 4) is 0 Å². The topological polar surface area (TPSA) is 49.9 Å². The van der Waals surface area contributed by atoms with Gasteiger partial charge in [-0.15, -0.1) is 0 Å². The number of rotatable bonds is 4. The third-order valence-electron chi connectivity index (χ3n) is 3.60. The van der Waals surface area contributed by atoms with Gasteiger partial charge in [0.1, 0.15) is 6.61 Å². The quantitative estimate of drug-likeness (QED) is 0.769. The molecule has 0 radical (unpaired) electrons. The van der Waals surface area contributed by atoms with Crippen molar-refractivity contribution in [3.63, 3.8) is 0 Å². The van der Waals surface area contributed by atoms with Crippen LogP contribution in [0.15, 0.2) is 24.3 Å². The number of ether oxygens (including phenoxy) is 1. The van der Waals surface area contributed by atoms with Crippen LogP contribution in [-0.2, 0) is 9.53 Å². The Morgan fingerprint density at radius 3 is 2.42 bits per heavy atom. The molecule has 132 valence electrons. The Balaban J connectivity index is 1.71. The third kappa shape index (κ3) is 5.10. The van der Waals surface area contributed by atoms with Crippen molar-refractivity contribution in [2.45, 2.75) is 6.18 Å². The van der Waals surface area contributed by atoms with E-state index in [1.807, 2.05) is 4.90 Å². The molecule has 0 atom stereocenters. The molecule has 1 heterocycles. The maximum absolute atomic E-state index is 12.3. The van der Waals surface area contributed by atoms with E-state index in [1.54, 1.807) is 18.2 Å². The molecule has 24 heavy (non-hydrogen) atoms. The van der Waals surface area contributed by atoms with Crippen molar-refractivity contribution in [1.29, 1.82) is 0 Å². The highest BCUT2D eigenvalue weighted by atomic mass is 35.5. The van der Waals surface area contributed by atoms with Crippen LogP contribution in [0.2, 0.25) is 5.02 Å². The van der Waals surface area contributed by atoms with Gasteiger partial charge in [0.25, 0.3) is 0 Å². The molecule has 0 N–H and O–H groups in total. The molecule has 0 aliphatic carbocycles. The van der Waals surface area contributed by atoms with Gasteiger partial charge in [0, 0.05) is 37.7 Å². The van der Waals surface area contributed by atoms with Crippen LogP contribution in [0, 0.1) is 0 Å². The van der Waals surface area contributed by atoms with Crippen LogP contribution in [-0.4, -0.2) is 67.2 Å². The predicted molar refractivity (Wildman–Crippen MR) is 80.8 cm³/mol. The molecule has 1 saturated heterocycles. The molecule has 0 saturated carbocycles. The normalized spacial score (nSPS) is 16.1. The molecule has 1 aromatic carbocycles. The molecule has 0 spiro atoms. The molecule has 1 amide bonds. The average molecular weight is 365 g/mol. The van der Waals surface area contributed by atoms with E-state index in [1.165, 1.54) is 6.07 Å². The summed E-state index contributed by atoms with van der Waals surface area (Å²) in [5, 5.41) is 0.426. The van der Waals surface area contributed by atoms with E-state index in [0.29, 0.717) is 30.2 Å². The molecule has 0 unspecified atom stereocenters. The molecule has 0 aromatic heterocycles. The number of hydrogen-bond acceptors (Lipinski definition) is 4. The summed E-state index contributed by atoms with van der Waals surface area (Å²) in [5.41, 5.74) is 0.336. The molecule has 1 aliphatic rings. The first-order valence-corrected chi connectivity index (χ1v) is 7.66. The van der Waals surface area contributed by atoms with Crippen molar-refractivity contribution >= 4 is 23.5 Å². The molecular weight excluding hydrogens is 349 g/mol. The molecule has 1 aromatic rings. The molecule has 1 fully saturated rings. The van der Waals surface area contributed by atoms with Crippen molar-refractivity contribution in [2.75, 3.05) is 39.3 Å². The highest BCUT2D eigenvalue weighted by molar-refractivity contribution is 6.30. The molecule has 2 rings (SSSR count). The molecule has 0 bridgehead atoms. The lowest BCUT2D eigenvalue weighted by Gasteiger charge is -2.34. The third-order valence-corrected chi connectivity index (χ3v) is 3.84. The monoisotopic (exact) mass is 364 g/mol. The number of halogens is 4. The van der Waals surface area contributed by atoms with Gasteiger partial charge in [0.15, 0.2) is 0 Å².